The summed E-state index contributed by atoms with van der Waals surface area (Å²) in [6, 6.07) is 6.20. The first-order valence-electron chi connectivity index (χ1n) is 5.12. The maximum atomic E-state index is 11.4. The van der Waals surface area contributed by atoms with E-state index in [-0.39, 0.29) is 12.5 Å². The second kappa shape index (κ2) is 6.75. The molecule has 2 N–H and O–H groups in total. The number of hydrogen-bond acceptors (Lipinski definition) is 2. The molecule has 5 nitrogen and oxygen atoms in total. The Morgan fingerprint density at radius 3 is 2.53 bits per heavy atom. The molecule has 0 unspecified atom stereocenters. The predicted octanol–water partition coefficient (Wildman–Crippen LogP) is 1.61. The molecule has 0 saturated carbocycles. The monoisotopic (exact) mass is 254 g/mol. The molecule has 3 amide bonds. The van der Waals surface area contributed by atoms with Crippen LogP contribution in [0.2, 0.25) is 5.02 Å². The van der Waals surface area contributed by atoms with E-state index in [0.717, 1.165) is 0 Å². The van der Waals surface area contributed by atoms with Crippen molar-refractivity contribution >= 4 is 29.2 Å². The fraction of sp³-hybridized carbons (Fsp3) is 0.273. The Balaban J connectivity index is 2.34. The van der Waals surface area contributed by atoms with Gasteiger partial charge in [-0.2, -0.15) is 0 Å². The van der Waals surface area contributed by atoms with E-state index in [2.05, 4.69) is 16.0 Å². The summed E-state index contributed by atoms with van der Waals surface area (Å²) in [6.45, 7) is 2.07. The van der Waals surface area contributed by atoms with Crippen LogP contribution in [0.25, 0.3) is 0 Å². The molecule has 0 bridgehead atoms. The standard InChI is InChI=1S/C11H13ClN3O2/c1-2-13-10(16)7-14-11(17)15-9-5-3-8(12)4-6-9/h3-6H,2,7H2,1H3,(H2,14,15,17). The molecule has 0 aliphatic heterocycles. The summed E-state index contributed by atoms with van der Waals surface area (Å²) in [4.78, 5) is 22.4. The lowest BCUT2D eigenvalue weighted by Gasteiger charge is -2.06. The Hall–Kier alpha value is -1.75. The van der Waals surface area contributed by atoms with Crippen LogP contribution in [0.4, 0.5) is 10.5 Å². The molecule has 0 saturated heterocycles. The quantitative estimate of drug-likeness (QED) is 0.857. The lowest BCUT2D eigenvalue weighted by molar-refractivity contribution is -0.120. The topological polar surface area (TPSA) is 72.3 Å². The molecule has 0 aliphatic rings. The zero-order chi connectivity index (χ0) is 12.7. The number of hydrogen-bond donors (Lipinski definition) is 2. The molecule has 0 fully saturated rings. The highest BCUT2D eigenvalue weighted by molar-refractivity contribution is 6.30. The number of carbonyl (C=O) groups excluding carboxylic acids is 2. The van der Waals surface area contributed by atoms with Crippen LogP contribution in [-0.4, -0.2) is 25.0 Å². The number of likely N-dealkylation sites (N-methyl/N-ethyl adjacent to an activating group) is 1. The van der Waals surface area contributed by atoms with Crippen LogP contribution in [-0.2, 0) is 4.79 Å². The third-order valence-electron chi connectivity index (χ3n) is 1.84. The van der Waals surface area contributed by atoms with Gasteiger partial charge in [0, 0.05) is 17.3 Å². The molecule has 6 heteroatoms. The van der Waals surface area contributed by atoms with Crippen molar-refractivity contribution in [1.29, 1.82) is 0 Å². The molecule has 1 aromatic carbocycles. The second-order valence-electron chi connectivity index (χ2n) is 3.18. The van der Waals surface area contributed by atoms with Gasteiger partial charge in [0.25, 0.3) is 5.91 Å². The van der Waals surface area contributed by atoms with Crippen molar-refractivity contribution in [3.8, 4) is 0 Å². The highest BCUT2D eigenvalue weighted by atomic mass is 35.5. The highest BCUT2D eigenvalue weighted by Crippen LogP contribution is 2.12. The SMILES string of the molecule is CC[N]C(=O)CNC(=O)Nc1ccc(Cl)cc1. The van der Waals surface area contributed by atoms with Crippen molar-refractivity contribution in [3.63, 3.8) is 0 Å². The second-order valence-corrected chi connectivity index (χ2v) is 3.62. The first-order chi connectivity index (χ1) is 8.11. The van der Waals surface area contributed by atoms with Gasteiger partial charge in [-0.05, 0) is 31.2 Å². The van der Waals surface area contributed by atoms with Crippen LogP contribution >= 0.6 is 11.6 Å². The summed E-state index contributed by atoms with van der Waals surface area (Å²) in [5, 5.41) is 9.17. The molecular formula is C11H13ClN3O2. The minimum absolute atomic E-state index is 0.104. The van der Waals surface area contributed by atoms with Crippen LogP contribution in [0.1, 0.15) is 6.92 Å². The minimum atomic E-state index is -0.452. The zero-order valence-corrected chi connectivity index (χ0v) is 10.1. The van der Waals surface area contributed by atoms with Crippen LogP contribution in [0.15, 0.2) is 24.3 Å². The van der Waals surface area contributed by atoms with Gasteiger partial charge in [0.05, 0.1) is 0 Å². The van der Waals surface area contributed by atoms with Gasteiger partial charge < -0.3 is 10.6 Å². The summed E-state index contributed by atoms with van der Waals surface area (Å²) in [6.07, 6.45) is 0. The number of rotatable bonds is 4. The fourth-order valence-corrected chi connectivity index (χ4v) is 1.22. The molecule has 0 heterocycles. The molecular weight excluding hydrogens is 242 g/mol. The van der Waals surface area contributed by atoms with E-state index in [9.17, 15) is 9.59 Å². The molecule has 1 radical (unpaired) electrons. The Morgan fingerprint density at radius 1 is 1.29 bits per heavy atom. The first kappa shape index (κ1) is 13.3. The maximum Gasteiger partial charge on any atom is 0.319 e. The highest BCUT2D eigenvalue weighted by Gasteiger charge is 2.05. The Labute approximate surface area is 105 Å². The van der Waals surface area contributed by atoms with E-state index in [1.54, 1.807) is 31.2 Å². The summed E-state index contributed by atoms with van der Waals surface area (Å²) in [5.74, 6) is -0.348. The van der Waals surface area contributed by atoms with Gasteiger partial charge in [0.1, 0.15) is 6.54 Å². The smallest absolute Gasteiger partial charge is 0.319 e. The van der Waals surface area contributed by atoms with E-state index >= 15 is 0 Å². The van der Waals surface area contributed by atoms with E-state index < -0.39 is 6.03 Å². The first-order valence-corrected chi connectivity index (χ1v) is 5.50. The lowest BCUT2D eigenvalue weighted by Crippen LogP contribution is -2.36. The average molecular weight is 255 g/mol. The summed E-state index contributed by atoms with van der Waals surface area (Å²) < 4.78 is 0. The molecule has 0 spiro atoms. The predicted molar refractivity (Wildman–Crippen MR) is 66.2 cm³/mol. The minimum Gasteiger partial charge on any atom is -0.329 e. The van der Waals surface area contributed by atoms with Crippen molar-refractivity contribution in [3.05, 3.63) is 29.3 Å². The van der Waals surface area contributed by atoms with Crippen molar-refractivity contribution < 1.29 is 9.59 Å². The van der Waals surface area contributed by atoms with Gasteiger partial charge in [0.2, 0.25) is 0 Å². The van der Waals surface area contributed by atoms with Gasteiger partial charge in [-0.15, -0.1) is 0 Å². The number of nitrogens with one attached hydrogen (secondary N) is 2. The third-order valence-corrected chi connectivity index (χ3v) is 2.09. The molecule has 1 rings (SSSR count). The third kappa shape index (κ3) is 5.21. The average Bonchev–Trinajstić information content (AvgIpc) is 2.30. The number of benzene rings is 1. The van der Waals surface area contributed by atoms with Gasteiger partial charge in [-0.3, -0.25) is 10.1 Å². The van der Waals surface area contributed by atoms with Crippen molar-refractivity contribution in [2.24, 2.45) is 0 Å². The van der Waals surface area contributed by atoms with Gasteiger partial charge in [-0.25, -0.2) is 4.79 Å². The lowest BCUT2D eigenvalue weighted by atomic mass is 10.3. The summed E-state index contributed by atoms with van der Waals surface area (Å²) in [7, 11) is 0. The van der Waals surface area contributed by atoms with Crippen LogP contribution in [0, 0.1) is 0 Å². The normalized spacial score (nSPS) is 9.53. The number of carbonyl (C=O) groups is 2. The van der Waals surface area contributed by atoms with E-state index in [0.29, 0.717) is 17.3 Å². The van der Waals surface area contributed by atoms with Gasteiger partial charge in [0.15, 0.2) is 0 Å². The van der Waals surface area contributed by atoms with Crippen LogP contribution in [0.5, 0.6) is 0 Å². The maximum absolute atomic E-state index is 11.4. The van der Waals surface area contributed by atoms with Crippen LogP contribution < -0.4 is 16.0 Å². The molecule has 91 valence electrons. The van der Waals surface area contributed by atoms with Gasteiger partial charge in [-0.1, -0.05) is 11.6 Å². The van der Waals surface area contributed by atoms with Crippen LogP contribution in [0.3, 0.4) is 0 Å². The molecule has 0 aliphatic carbocycles. The van der Waals surface area contributed by atoms with E-state index in [1.165, 1.54) is 0 Å². The summed E-state index contributed by atoms with van der Waals surface area (Å²) in [5.41, 5.74) is 0.603. The molecule has 0 aromatic heterocycles. The summed E-state index contributed by atoms with van der Waals surface area (Å²) >= 11 is 5.70. The Kier molecular flexibility index (Phi) is 5.29. The molecule has 17 heavy (non-hydrogen) atoms. The van der Waals surface area contributed by atoms with E-state index in [1.807, 2.05) is 0 Å². The van der Waals surface area contributed by atoms with E-state index in [4.69, 9.17) is 11.6 Å². The Bertz CT molecular complexity index is 392. The fourth-order valence-electron chi connectivity index (χ4n) is 1.10. The number of halogens is 1. The van der Waals surface area contributed by atoms with Gasteiger partial charge >= 0.3 is 6.03 Å². The number of anilines is 1. The number of nitrogens with zero attached hydrogens (tertiary/aromatic N) is 1. The number of amides is 3. The Morgan fingerprint density at radius 2 is 1.94 bits per heavy atom. The van der Waals surface area contributed by atoms with Crippen molar-refractivity contribution in [2.75, 3.05) is 18.4 Å². The van der Waals surface area contributed by atoms with Crippen molar-refractivity contribution in [1.82, 2.24) is 10.6 Å². The van der Waals surface area contributed by atoms with Crippen molar-refractivity contribution in [2.45, 2.75) is 6.92 Å². The molecule has 0 atom stereocenters. The number of urea groups is 1. The largest absolute Gasteiger partial charge is 0.329 e. The molecule has 1 aromatic rings. The zero-order valence-electron chi connectivity index (χ0n) is 9.37.